The van der Waals surface area contributed by atoms with E-state index in [-0.39, 0.29) is 44.2 Å². The Morgan fingerprint density at radius 2 is 1.76 bits per heavy atom. The van der Waals surface area contributed by atoms with Crippen LogP contribution >= 0.6 is 0 Å². The van der Waals surface area contributed by atoms with E-state index in [2.05, 4.69) is 4.98 Å². The van der Waals surface area contributed by atoms with Crippen molar-refractivity contribution in [1.82, 2.24) is 14.8 Å². The minimum Gasteiger partial charge on any atom is -0.477 e. The van der Waals surface area contributed by atoms with Gasteiger partial charge in [-0.2, -0.15) is 13.2 Å². The quantitative estimate of drug-likeness (QED) is 0.493. The third-order valence-electron chi connectivity index (χ3n) is 9.21. The molecule has 2 saturated heterocycles. The monoisotopic (exact) mass is 574 g/mol. The fraction of sp³-hybridized carbons (Fsp3) is 0.567. The van der Waals surface area contributed by atoms with Crippen molar-refractivity contribution >= 4 is 11.8 Å². The summed E-state index contributed by atoms with van der Waals surface area (Å²) in [7, 11) is 0. The normalized spacial score (nSPS) is 25.1. The summed E-state index contributed by atoms with van der Waals surface area (Å²) >= 11 is 0. The number of aliphatic hydroxyl groups is 1. The molecule has 0 radical (unpaired) electrons. The van der Waals surface area contributed by atoms with Crippen molar-refractivity contribution in [2.24, 2.45) is 17.1 Å². The molecule has 0 unspecified atom stereocenters. The molecular formula is C30H37F3N4O4. The lowest BCUT2D eigenvalue weighted by molar-refractivity contribution is -0.256. The third-order valence-corrected chi connectivity index (χ3v) is 9.21. The summed E-state index contributed by atoms with van der Waals surface area (Å²) in [5.74, 6) is -0.272. The van der Waals surface area contributed by atoms with Crippen LogP contribution in [0.15, 0.2) is 42.6 Å². The van der Waals surface area contributed by atoms with E-state index < -0.39 is 29.1 Å². The molecule has 3 heterocycles. The fourth-order valence-corrected chi connectivity index (χ4v) is 6.26. The van der Waals surface area contributed by atoms with Crippen LogP contribution in [-0.4, -0.2) is 82.3 Å². The predicted molar refractivity (Wildman–Crippen MR) is 146 cm³/mol. The first-order chi connectivity index (χ1) is 19.4. The molecule has 1 aromatic carbocycles. The number of nitrogens with two attached hydrogens (primary N) is 1. The summed E-state index contributed by atoms with van der Waals surface area (Å²) in [5.41, 5.74) is 4.83. The number of primary amides is 1. The van der Waals surface area contributed by atoms with Crippen molar-refractivity contribution in [2.75, 3.05) is 32.8 Å². The zero-order chi connectivity index (χ0) is 29.4. The van der Waals surface area contributed by atoms with Crippen LogP contribution in [0.2, 0.25) is 0 Å². The van der Waals surface area contributed by atoms with Gasteiger partial charge in [-0.1, -0.05) is 18.6 Å². The number of pyridine rings is 1. The second kappa shape index (κ2) is 11.2. The van der Waals surface area contributed by atoms with E-state index in [9.17, 15) is 27.9 Å². The number of benzene rings is 1. The highest BCUT2D eigenvalue weighted by Crippen LogP contribution is 2.53. The molecule has 8 nitrogen and oxygen atoms in total. The van der Waals surface area contributed by atoms with Crippen molar-refractivity contribution in [3.8, 4) is 17.0 Å². The number of piperidine rings is 1. The first-order valence-electron chi connectivity index (χ1n) is 14.2. The van der Waals surface area contributed by atoms with Crippen LogP contribution in [0.1, 0.15) is 55.8 Å². The Morgan fingerprint density at radius 1 is 1.10 bits per heavy atom. The third kappa shape index (κ3) is 5.92. The van der Waals surface area contributed by atoms with Crippen molar-refractivity contribution in [2.45, 2.75) is 63.3 Å². The van der Waals surface area contributed by atoms with Gasteiger partial charge in [0.2, 0.25) is 11.8 Å². The van der Waals surface area contributed by atoms with Gasteiger partial charge in [0.05, 0.1) is 18.1 Å². The van der Waals surface area contributed by atoms with E-state index in [1.165, 1.54) is 4.90 Å². The number of likely N-dealkylation sites (tertiary alicyclic amines) is 2. The van der Waals surface area contributed by atoms with Gasteiger partial charge < -0.3 is 25.4 Å². The summed E-state index contributed by atoms with van der Waals surface area (Å²) in [6.07, 6.45) is -0.416. The van der Waals surface area contributed by atoms with Crippen LogP contribution < -0.4 is 10.5 Å². The number of aliphatic hydroxyl groups excluding tert-OH is 1. The van der Waals surface area contributed by atoms with Gasteiger partial charge in [-0.3, -0.25) is 9.59 Å². The SMILES string of the molecule is C[C@@]1(C(N)=O)C[C@@H](O)CN1C(=O)c1ccc(-c2ccc(OCC3CCN(CC4(C(F)(F)F)CCC4)CC3)nc2)cc1. The van der Waals surface area contributed by atoms with Crippen LogP contribution in [0, 0.1) is 11.3 Å². The Labute approximate surface area is 237 Å². The second-order valence-electron chi connectivity index (χ2n) is 12.0. The Morgan fingerprint density at radius 3 is 2.29 bits per heavy atom. The van der Waals surface area contributed by atoms with Crippen molar-refractivity contribution in [3.63, 3.8) is 0 Å². The van der Waals surface area contributed by atoms with Crippen molar-refractivity contribution in [1.29, 1.82) is 0 Å². The van der Waals surface area contributed by atoms with E-state index in [0.717, 1.165) is 24.0 Å². The lowest BCUT2D eigenvalue weighted by Crippen LogP contribution is -2.53. The molecule has 41 heavy (non-hydrogen) atoms. The van der Waals surface area contributed by atoms with Crippen LogP contribution in [0.25, 0.3) is 11.1 Å². The van der Waals surface area contributed by atoms with Crippen LogP contribution in [-0.2, 0) is 4.79 Å². The maximum Gasteiger partial charge on any atom is 0.395 e. The smallest absolute Gasteiger partial charge is 0.395 e. The van der Waals surface area contributed by atoms with E-state index >= 15 is 0 Å². The van der Waals surface area contributed by atoms with Gasteiger partial charge in [-0.25, -0.2) is 4.98 Å². The molecule has 3 fully saturated rings. The zero-order valence-electron chi connectivity index (χ0n) is 23.2. The standard InChI is InChI=1S/C30H37F3N4O4/c1-28(27(34)40)15-24(38)17-37(28)26(39)22-5-3-21(4-6-22)23-7-8-25(35-16-23)41-18-20-9-13-36(14-10-20)19-29(11-2-12-29)30(31,32)33/h3-8,16,20,24,38H,2,9-15,17-19H2,1H3,(H2,34,40)/t24-,28+/m1/s1. The number of ether oxygens (including phenoxy) is 1. The number of aromatic nitrogens is 1. The fourth-order valence-electron chi connectivity index (χ4n) is 6.26. The topological polar surface area (TPSA) is 109 Å². The van der Waals surface area contributed by atoms with Gasteiger partial charge in [0, 0.05) is 42.9 Å². The van der Waals surface area contributed by atoms with Crippen molar-refractivity contribution in [3.05, 3.63) is 48.2 Å². The first kappa shape index (κ1) is 29.3. The molecule has 3 aliphatic rings. The van der Waals surface area contributed by atoms with Gasteiger partial charge in [0.15, 0.2) is 0 Å². The van der Waals surface area contributed by atoms with Crippen LogP contribution in [0.5, 0.6) is 5.88 Å². The summed E-state index contributed by atoms with van der Waals surface area (Å²) < 4.78 is 46.4. The van der Waals surface area contributed by atoms with Crippen LogP contribution in [0.3, 0.4) is 0 Å². The molecule has 2 atom stereocenters. The van der Waals surface area contributed by atoms with Gasteiger partial charge in [0.1, 0.15) is 5.54 Å². The molecule has 2 amide bonds. The van der Waals surface area contributed by atoms with Gasteiger partial charge in [-0.15, -0.1) is 0 Å². The number of halogens is 3. The average Bonchev–Trinajstić information content (AvgIpc) is 3.24. The number of alkyl halides is 3. The Kier molecular flexibility index (Phi) is 8.04. The number of amides is 2. The number of β-amino-alcohol motifs (C(OH)–C–C–N with tert-alkyl or cyclic N) is 1. The van der Waals surface area contributed by atoms with Crippen molar-refractivity contribution < 1.29 is 32.6 Å². The summed E-state index contributed by atoms with van der Waals surface area (Å²) in [4.78, 5) is 32.8. The number of nitrogens with zero attached hydrogens (tertiary/aromatic N) is 3. The molecule has 11 heteroatoms. The summed E-state index contributed by atoms with van der Waals surface area (Å²) in [6.45, 7) is 3.49. The minimum atomic E-state index is -4.13. The molecule has 1 aromatic heterocycles. The van der Waals surface area contributed by atoms with E-state index in [0.29, 0.717) is 37.6 Å². The Hall–Kier alpha value is -3.18. The molecule has 3 N–H and O–H groups in total. The van der Waals surface area contributed by atoms with E-state index in [4.69, 9.17) is 10.5 Å². The van der Waals surface area contributed by atoms with E-state index in [1.807, 2.05) is 11.0 Å². The predicted octanol–water partition coefficient (Wildman–Crippen LogP) is 4.02. The highest BCUT2D eigenvalue weighted by molar-refractivity contribution is 5.99. The first-order valence-corrected chi connectivity index (χ1v) is 14.2. The van der Waals surface area contributed by atoms with Gasteiger partial charge >= 0.3 is 6.18 Å². The molecular weight excluding hydrogens is 537 g/mol. The molecule has 1 aliphatic carbocycles. The summed E-state index contributed by atoms with van der Waals surface area (Å²) in [5, 5.41) is 10.0. The molecule has 1 saturated carbocycles. The highest BCUT2D eigenvalue weighted by Gasteiger charge is 2.58. The molecule has 0 spiro atoms. The summed E-state index contributed by atoms with van der Waals surface area (Å²) in [6, 6.07) is 10.6. The Bertz CT molecular complexity index is 1240. The number of hydrogen-bond donors (Lipinski definition) is 2. The highest BCUT2D eigenvalue weighted by atomic mass is 19.4. The molecule has 222 valence electrons. The maximum atomic E-state index is 13.5. The lowest BCUT2D eigenvalue weighted by atomic mass is 9.67. The Balaban J connectivity index is 1.11. The number of carbonyl (C=O) groups is 2. The second-order valence-corrected chi connectivity index (χ2v) is 12.0. The lowest BCUT2D eigenvalue weighted by Gasteiger charge is -2.47. The van der Waals surface area contributed by atoms with Gasteiger partial charge in [-0.05, 0) is 75.4 Å². The maximum absolute atomic E-state index is 13.5. The average molecular weight is 575 g/mol. The molecule has 5 rings (SSSR count). The zero-order valence-corrected chi connectivity index (χ0v) is 23.2. The number of hydrogen-bond acceptors (Lipinski definition) is 6. The van der Waals surface area contributed by atoms with Gasteiger partial charge in [0.25, 0.3) is 5.91 Å². The number of rotatable bonds is 8. The van der Waals surface area contributed by atoms with Crippen LogP contribution in [0.4, 0.5) is 13.2 Å². The molecule has 2 aromatic rings. The largest absolute Gasteiger partial charge is 0.477 e. The van der Waals surface area contributed by atoms with E-state index in [1.54, 1.807) is 43.5 Å². The molecule has 0 bridgehead atoms. The number of carbonyl (C=O) groups excluding carboxylic acids is 2. The minimum absolute atomic E-state index is 0.0449. The molecule has 2 aliphatic heterocycles.